The van der Waals surface area contributed by atoms with Gasteiger partial charge in [0.1, 0.15) is 0 Å². The van der Waals surface area contributed by atoms with Crippen molar-refractivity contribution in [2.45, 2.75) is 71.3 Å². The van der Waals surface area contributed by atoms with Crippen molar-refractivity contribution in [2.75, 3.05) is 0 Å². The third kappa shape index (κ3) is 3.56. The first-order valence-electron chi connectivity index (χ1n) is 7.70. The number of rotatable bonds is 5. The van der Waals surface area contributed by atoms with Gasteiger partial charge in [-0.3, -0.25) is 0 Å². The number of nitrogens with two attached hydrogens (primary N) is 1. The Labute approximate surface area is 116 Å². The average molecular weight is 265 g/mol. The van der Waals surface area contributed by atoms with Crippen LogP contribution in [0.4, 0.5) is 0 Å². The Kier molecular flexibility index (Phi) is 4.97. The normalized spacial score (nSPS) is 25.7. The van der Waals surface area contributed by atoms with Crippen LogP contribution in [0.2, 0.25) is 0 Å². The lowest BCUT2D eigenvalue weighted by Gasteiger charge is -2.29. The molecule has 1 heterocycles. The number of aromatic nitrogens is 2. The van der Waals surface area contributed by atoms with Gasteiger partial charge in [0.15, 0.2) is 5.82 Å². The Bertz CT molecular complexity index is 380. The van der Waals surface area contributed by atoms with E-state index in [4.69, 9.17) is 10.3 Å². The first-order valence-corrected chi connectivity index (χ1v) is 7.70. The van der Waals surface area contributed by atoms with Crippen LogP contribution < -0.4 is 5.73 Å². The largest absolute Gasteiger partial charge is 0.338 e. The van der Waals surface area contributed by atoms with E-state index in [9.17, 15) is 0 Å². The number of hydrogen-bond donors (Lipinski definition) is 1. The maximum Gasteiger partial charge on any atom is 0.243 e. The number of hydrogen-bond acceptors (Lipinski definition) is 4. The minimum Gasteiger partial charge on any atom is -0.338 e. The predicted octanol–water partition coefficient (Wildman–Crippen LogP) is 3.80. The van der Waals surface area contributed by atoms with Crippen LogP contribution in [0.25, 0.3) is 0 Å². The zero-order chi connectivity index (χ0) is 13.8. The van der Waals surface area contributed by atoms with Gasteiger partial charge >= 0.3 is 0 Å². The summed E-state index contributed by atoms with van der Waals surface area (Å²) in [5.41, 5.74) is 6.01. The van der Waals surface area contributed by atoms with Crippen molar-refractivity contribution in [3.63, 3.8) is 0 Å². The quantitative estimate of drug-likeness (QED) is 0.879. The molecule has 1 aromatic rings. The molecule has 0 spiro atoms. The van der Waals surface area contributed by atoms with Crippen LogP contribution in [0.3, 0.4) is 0 Å². The zero-order valence-electron chi connectivity index (χ0n) is 12.4. The summed E-state index contributed by atoms with van der Waals surface area (Å²) in [5, 5.41) is 4.15. The molecule has 1 fully saturated rings. The van der Waals surface area contributed by atoms with E-state index in [-0.39, 0.29) is 6.04 Å². The molecule has 2 N–H and O–H groups in total. The average Bonchev–Trinajstić information content (AvgIpc) is 2.89. The fourth-order valence-electron chi connectivity index (χ4n) is 3.04. The lowest BCUT2D eigenvalue weighted by molar-refractivity contribution is 0.251. The molecule has 0 aromatic carbocycles. The van der Waals surface area contributed by atoms with E-state index in [1.807, 2.05) is 0 Å². The van der Waals surface area contributed by atoms with Gasteiger partial charge < -0.3 is 10.3 Å². The van der Waals surface area contributed by atoms with Crippen LogP contribution in [-0.2, 0) is 0 Å². The van der Waals surface area contributed by atoms with Crippen molar-refractivity contribution >= 4 is 0 Å². The second-order valence-electron chi connectivity index (χ2n) is 6.24. The van der Waals surface area contributed by atoms with E-state index in [0.29, 0.717) is 11.8 Å². The summed E-state index contributed by atoms with van der Waals surface area (Å²) in [4.78, 5) is 4.52. The lowest BCUT2D eigenvalue weighted by Crippen LogP contribution is -2.18. The molecule has 4 nitrogen and oxygen atoms in total. The summed E-state index contributed by atoms with van der Waals surface area (Å²) in [6.45, 7) is 6.76. The van der Waals surface area contributed by atoms with E-state index in [1.165, 1.54) is 25.7 Å². The summed E-state index contributed by atoms with van der Waals surface area (Å²) in [6.07, 6.45) is 6.89. The highest BCUT2D eigenvalue weighted by molar-refractivity contribution is 5.00. The van der Waals surface area contributed by atoms with E-state index in [2.05, 4.69) is 30.9 Å². The second kappa shape index (κ2) is 6.51. The summed E-state index contributed by atoms with van der Waals surface area (Å²) in [5.74, 6) is 3.62. The maximum absolute atomic E-state index is 6.01. The highest BCUT2D eigenvalue weighted by Crippen LogP contribution is 2.37. The van der Waals surface area contributed by atoms with Gasteiger partial charge in [-0.1, -0.05) is 32.3 Å². The van der Waals surface area contributed by atoms with Crippen molar-refractivity contribution in [1.82, 2.24) is 10.1 Å². The van der Waals surface area contributed by atoms with Crippen LogP contribution in [0.1, 0.15) is 83.0 Å². The molecule has 0 amide bonds. The molecule has 2 rings (SSSR count). The van der Waals surface area contributed by atoms with Gasteiger partial charge in [-0.2, -0.15) is 4.98 Å². The number of nitrogens with zero attached hydrogens (tertiary/aromatic N) is 2. The Morgan fingerprint density at radius 3 is 2.53 bits per heavy atom. The highest BCUT2D eigenvalue weighted by atomic mass is 16.5. The third-order valence-corrected chi connectivity index (χ3v) is 4.45. The van der Waals surface area contributed by atoms with Crippen LogP contribution in [0.15, 0.2) is 4.52 Å². The molecule has 0 aliphatic heterocycles. The summed E-state index contributed by atoms with van der Waals surface area (Å²) >= 11 is 0. The Hall–Kier alpha value is -0.900. The monoisotopic (exact) mass is 265 g/mol. The molecule has 1 atom stereocenters. The Morgan fingerprint density at radius 1 is 1.26 bits per heavy atom. The molecular weight excluding hydrogens is 238 g/mol. The van der Waals surface area contributed by atoms with Gasteiger partial charge in [-0.25, -0.2) is 0 Å². The van der Waals surface area contributed by atoms with Crippen LogP contribution in [0.5, 0.6) is 0 Å². The standard InChI is InChI=1S/C15H27N3O/c1-4-5-13(16)15-17-14(18-19-15)12-8-6-11(7-9-12)10(2)3/h10-13H,4-9,16H2,1-3H3/t11?,12?,13-/m1/s1. The van der Waals surface area contributed by atoms with Crippen LogP contribution in [-0.4, -0.2) is 10.1 Å². The Balaban J connectivity index is 1.93. The summed E-state index contributed by atoms with van der Waals surface area (Å²) in [7, 11) is 0. The molecule has 0 radical (unpaired) electrons. The van der Waals surface area contributed by atoms with Gasteiger partial charge in [0.25, 0.3) is 0 Å². The Morgan fingerprint density at radius 2 is 1.95 bits per heavy atom. The molecule has 1 aliphatic carbocycles. The third-order valence-electron chi connectivity index (χ3n) is 4.45. The molecule has 1 saturated carbocycles. The molecule has 1 aliphatic rings. The highest BCUT2D eigenvalue weighted by Gasteiger charge is 2.27. The first kappa shape index (κ1) is 14.5. The van der Waals surface area contributed by atoms with Crippen molar-refractivity contribution in [3.05, 3.63) is 11.7 Å². The van der Waals surface area contributed by atoms with Gasteiger partial charge in [-0.15, -0.1) is 0 Å². The van der Waals surface area contributed by atoms with E-state index >= 15 is 0 Å². The topological polar surface area (TPSA) is 64.9 Å². The van der Waals surface area contributed by atoms with Crippen molar-refractivity contribution in [2.24, 2.45) is 17.6 Å². The lowest BCUT2D eigenvalue weighted by atomic mass is 9.77. The van der Waals surface area contributed by atoms with Gasteiger partial charge in [0, 0.05) is 5.92 Å². The second-order valence-corrected chi connectivity index (χ2v) is 6.24. The summed E-state index contributed by atoms with van der Waals surface area (Å²) in [6, 6.07) is -0.0988. The van der Waals surface area contributed by atoms with Crippen molar-refractivity contribution in [3.8, 4) is 0 Å². The molecule has 0 bridgehead atoms. The molecular formula is C15H27N3O. The molecule has 108 valence electrons. The molecule has 0 unspecified atom stereocenters. The maximum atomic E-state index is 6.01. The zero-order valence-corrected chi connectivity index (χ0v) is 12.4. The minimum atomic E-state index is -0.0988. The van der Waals surface area contributed by atoms with E-state index in [0.717, 1.165) is 30.5 Å². The molecule has 0 saturated heterocycles. The fraction of sp³-hybridized carbons (Fsp3) is 0.867. The summed E-state index contributed by atoms with van der Waals surface area (Å²) < 4.78 is 5.32. The molecule has 1 aromatic heterocycles. The van der Waals surface area contributed by atoms with Gasteiger partial charge in [-0.05, 0) is 43.9 Å². The first-order chi connectivity index (χ1) is 9.11. The van der Waals surface area contributed by atoms with Crippen molar-refractivity contribution < 1.29 is 4.52 Å². The SMILES string of the molecule is CCC[C@@H](N)c1nc(C2CCC(C(C)C)CC2)no1. The van der Waals surface area contributed by atoms with E-state index in [1.54, 1.807) is 0 Å². The van der Waals surface area contributed by atoms with E-state index < -0.39 is 0 Å². The van der Waals surface area contributed by atoms with Gasteiger partial charge in [0.2, 0.25) is 5.89 Å². The predicted molar refractivity (Wildman–Crippen MR) is 75.7 cm³/mol. The van der Waals surface area contributed by atoms with Crippen molar-refractivity contribution in [1.29, 1.82) is 0 Å². The molecule has 19 heavy (non-hydrogen) atoms. The van der Waals surface area contributed by atoms with Gasteiger partial charge in [0.05, 0.1) is 6.04 Å². The minimum absolute atomic E-state index is 0.0988. The van der Waals surface area contributed by atoms with Crippen LogP contribution >= 0.6 is 0 Å². The smallest absolute Gasteiger partial charge is 0.243 e. The fourth-order valence-corrected chi connectivity index (χ4v) is 3.04. The van der Waals surface area contributed by atoms with Crippen LogP contribution in [0, 0.1) is 11.8 Å². The molecule has 4 heteroatoms.